The number of fused-ring (bicyclic) bond motifs is 1. The molecule has 0 aliphatic carbocycles. The fourth-order valence-corrected chi connectivity index (χ4v) is 2.72. The summed E-state index contributed by atoms with van der Waals surface area (Å²) in [5, 5.41) is 0. The molecule has 2 aromatic heterocycles. The van der Waals surface area contributed by atoms with Crippen molar-refractivity contribution < 1.29 is 0 Å². The lowest BCUT2D eigenvalue weighted by atomic mass is 10.1. The maximum absolute atomic E-state index is 4.49. The van der Waals surface area contributed by atoms with Gasteiger partial charge in [-0.25, -0.2) is 15.0 Å². The molecule has 0 N–H and O–H groups in total. The summed E-state index contributed by atoms with van der Waals surface area (Å²) in [7, 11) is 0. The maximum Gasteiger partial charge on any atom is 0.164 e. The van der Waals surface area contributed by atoms with Crippen LogP contribution in [-0.2, 0) is 0 Å². The van der Waals surface area contributed by atoms with Gasteiger partial charge in [0.05, 0.1) is 6.33 Å². The van der Waals surface area contributed by atoms with Crippen molar-refractivity contribution in [2.75, 3.05) is 0 Å². The largest absolute Gasteiger partial charge is 0.313 e. The van der Waals surface area contributed by atoms with Crippen molar-refractivity contribution in [2.24, 2.45) is 0 Å². The zero-order valence-electron chi connectivity index (χ0n) is 10.7. The quantitative estimate of drug-likeness (QED) is 0.652. The highest BCUT2D eigenvalue weighted by Gasteiger charge is 2.14. The van der Waals surface area contributed by atoms with Crippen LogP contribution in [0.15, 0.2) is 36.9 Å². The Kier molecular flexibility index (Phi) is 3.22. The molecular formula is C14H13IN4. The predicted molar refractivity (Wildman–Crippen MR) is 83.9 cm³/mol. The average molecular weight is 364 g/mol. The number of nitrogens with zero attached hydrogens (tertiary/aromatic N) is 4. The van der Waals surface area contributed by atoms with E-state index in [9.17, 15) is 0 Å². The van der Waals surface area contributed by atoms with Crippen molar-refractivity contribution in [3.63, 3.8) is 0 Å². The Hall–Kier alpha value is -1.50. The highest BCUT2D eigenvalue weighted by Crippen LogP contribution is 2.28. The van der Waals surface area contributed by atoms with Crippen molar-refractivity contribution in [1.82, 2.24) is 19.5 Å². The second-order valence-corrected chi connectivity index (χ2v) is 5.78. The van der Waals surface area contributed by atoms with E-state index in [2.05, 4.69) is 68.1 Å². The summed E-state index contributed by atoms with van der Waals surface area (Å²) in [6.45, 7) is 4.24. The first-order chi connectivity index (χ1) is 9.18. The predicted octanol–water partition coefficient (Wildman–Crippen LogP) is 3.68. The molecule has 19 heavy (non-hydrogen) atoms. The van der Waals surface area contributed by atoms with Crippen LogP contribution < -0.4 is 0 Å². The Balaban J connectivity index is 2.29. The molecule has 0 spiro atoms. The summed E-state index contributed by atoms with van der Waals surface area (Å²) in [5.41, 5.74) is 3.75. The first-order valence-corrected chi connectivity index (χ1v) is 7.19. The zero-order valence-corrected chi connectivity index (χ0v) is 12.9. The Morgan fingerprint density at radius 3 is 2.63 bits per heavy atom. The third-order valence-corrected chi connectivity index (χ3v) is 3.98. The molecular weight excluding hydrogens is 351 g/mol. The highest BCUT2D eigenvalue weighted by atomic mass is 127. The van der Waals surface area contributed by atoms with Crippen molar-refractivity contribution in [3.05, 3.63) is 40.5 Å². The van der Waals surface area contributed by atoms with Gasteiger partial charge in [-0.2, -0.15) is 0 Å². The van der Waals surface area contributed by atoms with Crippen LogP contribution in [0, 0.1) is 3.57 Å². The molecule has 0 fully saturated rings. The number of halogens is 1. The molecule has 4 nitrogen and oxygen atoms in total. The summed E-state index contributed by atoms with van der Waals surface area (Å²) < 4.78 is 3.23. The molecule has 5 heteroatoms. The smallest absolute Gasteiger partial charge is 0.164 e. The van der Waals surface area contributed by atoms with Gasteiger partial charge in [0, 0.05) is 15.2 Å². The zero-order chi connectivity index (χ0) is 13.4. The number of hydrogen-bond donors (Lipinski definition) is 0. The van der Waals surface area contributed by atoms with E-state index < -0.39 is 0 Å². The summed E-state index contributed by atoms with van der Waals surface area (Å²) in [6.07, 6.45) is 3.45. The molecule has 0 radical (unpaired) electrons. The molecule has 0 saturated heterocycles. The van der Waals surface area contributed by atoms with E-state index in [1.807, 2.05) is 18.5 Å². The minimum absolute atomic E-state index is 0.336. The Morgan fingerprint density at radius 1 is 1.11 bits per heavy atom. The highest BCUT2D eigenvalue weighted by molar-refractivity contribution is 14.1. The summed E-state index contributed by atoms with van der Waals surface area (Å²) in [6, 6.07) is 8.52. The van der Waals surface area contributed by atoms with Crippen molar-refractivity contribution >= 4 is 33.8 Å². The lowest BCUT2D eigenvalue weighted by Crippen LogP contribution is -2.00. The monoisotopic (exact) mass is 364 g/mol. The standard InChI is InChI=1S/C14H13IN4/c1-9(2)19-8-18-13-12(16-7-17-14(13)19)10-5-3-4-6-11(10)15/h3-9H,1-2H3. The van der Waals surface area contributed by atoms with Gasteiger partial charge in [0.15, 0.2) is 5.65 Å². The third kappa shape index (κ3) is 2.11. The number of hydrogen-bond acceptors (Lipinski definition) is 3. The van der Waals surface area contributed by atoms with E-state index in [-0.39, 0.29) is 0 Å². The van der Waals surface area contributed by atoms with Crippen LogP contribution in [0.4, 0.5) is 0 Å². The second-order valence-electron chi connectivity index (χ2n) is 4.62. The third-order valence-electron chi connectivity index (χ3n) is 3.04. The molecule has 0 aliphatic rings. The van der Waals surface area contributed by atoms with Gasteiger partial charge in [-0.05, 0) is 42.5 Å². The molecule has 0 amide bonds. The maximum atomic E-state index is 4.49. The van der Waals surface area contributed by atoms with Gasteiger partial charge in [0.25, 0.3) is 0 Å². The number of benzene rings is 1. The first kappa shape index (κ1) is 12.5. The molecule has 0 atom stereocenters. The van der Waals surface area contributed by atoms with Gasteiger partial charge < -0.3 is 4.57 Å². The summed E-state index contributed by atoms with van der Waals surface area (Å²) in [5.74, 6) is 0. The summed E-state index contributed by atoms with van der Waals surface area (Å²) in [4.78, 5) is 13.3. The normalized spacial score (nSPS) is 11.4. The fourth-order valence-electron chi connectivity index (χ4n) is 2.08. The molecule has 96 valence electrons. The molecule has 0 unspecified atom stereocenters. The SMILES string of the molecule is CC(C)n1cnc2c(-c3ccccc3I)ncnc21. The van der Waals surface area contributed by atoms with Crippen LogP contribution in [0.2, 0.25) is 0 Å². The van der Waals surface area contributed by atoms with Crippen LogP contribution in [0.25, 0.3) is 22.4 Å². The van der Waals surface area contributed by atoms with E-state index in [1.54, 1.807) is 6.33 Å². The lowest BCUT2D eigenvalue weighted by molar-refractivity contribution is 0.612. The molecule has 1 aromatic carbocycles. The van der Waals surface area contributed by atoms with Crippen LogP contribution in [0.1, 0.15) is 19.9 Å². The molecule has 3 rings (SSSR count). The van der Waals surface area contributed by atoms with Crippen LogP contribution >= 0.6 is 22.6 Å². The van der Waals surface area contributed by atoms with Gasteiger partial charge in [-0.3, -0.25) is 0 Å². The van der Waals surface area contributed by atoms with Gasteiger partial charge in [-0.15, -0.1) is 0 Å². The van der Waals surface area contributed by atoms with Crippen LogP contribution in [0.5, 0.6) is 0 Å². The van der Waals surface area contributed by atoms with Gasteiger partial charge in [0.2, 0.25) is 0 Å². The molecule has 0 bridgehead atoms. The minimum atomic E-state index is 0.336. The van der Waals surface area contributed by atoms with Crippen molar-refractivity contribution in [3.8, 4) is 11.3 Å². The van der Waals surface area contributed by atoms with Gasteiger partial charge in [-0.1, -0.05) is 18.2 Å². The van der Waals surface area contributed by atoms with Gasteiger partial charge in [0.1, 0.15) is 17.5 Å². The van der Waals surface area contributed by atoms with E-state index in [4.69, 9.17) is 0 Å². The topological polar surface area (TPSA) is 43.6 Å². The Labute approximate surface area is 125 Å². The number of aromatic nitrogens is 4. The van der Waals surface area contributed by atoms with Crippen LogP contribution in [0.3, 0.4) is 0 Å². The van der Waals surface area contributed by atoms with Crippen LogP contribution in [-0.4, -0.2) is 19.5 Å². The molecule has 3 aromatic rings. The van der Waals surface area contributed by atoms with E-state index in [0.29, 0.717) is 6.04 Å². The van der Waals surface area contributed by atoms with Crippen molar-refractivity contribution in [1.29, 1.82) is 0 Å². The van der Waals surface area contributed by atoms with E-state index >= 15 is 0 Å². The molecule has 0 saturated carbocycles. The number of imidazole rings is 1. The fraction of sp³-hybridized carbons (Fsp3) is 0.214. The van der Waals surface area contributed by atoms with E-state index in [1.165, 1.54) is 3.57 Å². The Morgan fingerprint density at radius 2 is 1.89 bits per heavy atom. The minimum Gasteiger partial charge on any atom is -0.313 e. The average Bonchev–Trinajstić information content (AvgIpc) is 2.83. The molecule has 0 aliphatic heterocycles. The Bertz CT molecular complexity index is 733. The number of rotatable bonds is 2. The summed E-state index contributed by atoms with van der Waals surface area (Å²) >= 11 is 2.32. The first-order valence-electron chi connectivity index (χ1n) is 6.11. The van der Waals surface area contributed by atoms with E-state index in [0.717, 1.165) is 22.4 Å². The second kappa shape index (κ2) is 4.88. The van der Waals surface area contributed by atoms with Crippen molar-refractivity contribution in [2.45, 2.75) is 19.9 Å². The van der Waals surface area contributed by atoms with Gasteiger partial charge >= 0.3 is 0 Å². The molecule has 2 heterocycles. The lowest BCUT2D eigenvalue weighted by Gasteiger charge is -2.08.